The maximum absolute atomic E-state index is 13.4. The number of benzene rings is 3. The van der Waals surface area contributed by atoms with E-state index < -0.39 is 0 Å². The van der Waals surface area contributed by atoms with E-state index in [9.17, 15) is 9.18 Å². The molecule has 0 spiro atoms. The summed E-state index contributed by atoms with van der Waals surface area (Å²) >= 11 is 1.36. The molecular formula is C24H18FN3O3S. The second kappa shape index (κ2) is 8.84. The number of hydrogen-bond acceptors (Lipinski definition) is 6. The molecular weight excluding hydrogens is 429 g/mol. The molecule has 3 aromatic carbocycles. The summed E-state index contributed by atoms with van der Waals surface area (Å²) in [5.41, 5.74) is 3.72. The molecule has 0 fully saturated rings. The number of thioether (sulfide) groups is 1. The van der Waals surface area contributed by atoms with Crippen molar-refractivity contribution < 1.29 is 18.7 Å². The molecule has 32 heavy (non-hydrogen) atoms. The lowest BCUT2D eigenvalue weighted by molar-refractivity contribution is -0.113. The van der Waals surface area contributed by atoms with Crippen molar-refractivity contribution in [3.63, 3.8) is 0 Å². The lowest BCUT2D eigenvalue weighted by atomic mass is 10.1. The molecule has 0 radical (unpaired) electrons. The Morgan fingerprint density at radius 2 is 1.72 bits per heavy atom. The Morgan fingerprint density at radius 3 is 2.53 bits per heavy atom. The number of fused-ring (bicyclic) bond motifs is 2. The molecule has 0 atom stereocenters. The normalized spacial score (nSPS) is 14.2. The molecule has 0 aliphatic carbocycles. The molecule has 1 N–H and O–H groups in total. The second-order valence-corrected chi connectivity index (χ2v) is 8.19. The largest absolute Gasteiger partial charge is 0.454 e. The predicted molar refractivity (Wildman–Crippen MR) is 124 cm³/mol. The fourth-order valence-corrected chi connectivity index (χ4v) is 4.14. The molecule has 2 heterocycles. The van der Waals surface area contributed by atoms with Crippen LogP contribution in [-0.4, -0.2) is 29.2 Å². The smallest absolute Gasteiger partial charge is 0.234 e. The van der Waals surface area contributed by atoms with Crippen molar-refractivity contribution >= 4 is 45.5 Å². The average molecular weight is 447 g/mol. The van der Waals surface area contributed by atoms with Crippen LogP contribution in [-0.2, 0) is 4.79 Å². The predicted octanol–water partition coefficient (Wildman–Crippen LogP) is 5.48. The number of nitrogens with zero attached hydrogens (tertiary/aromatic N) is 2. The lowest BCUT2D eigenvalue weighted by Gasteiger charge is -2.09. The molecule has 1 amide bonds. The third-order valence-electron chi connectivity index (χ3n) is 4.90. The first kappa shape index (κ1) is 20.3. The van der Waals surface area contributed by atoms with Gasteiger partial charge in [0.25, 0.3) is 0 Å². The van der Waals surface area contributed by atoms with Crippen LogP contribution >= 0.6 is 11.8 Å². The van der Waals surface area contributed by atoms with Gasteiger partial charge < -0.3 is 14.8 Å². The van der Waals surface area contributed by atoms with Crippen molar-refractivity contribution in [2.45, 2.75) is 6.42 Å². The molecule has 3 aromatic rings. The Labute approximate surface area is 188 Å². The highest BCUT2D eigenvalue weighted by Crippen LogP contribution is 2.35. The van der Waals surface area contributed by atoms with Crippen molar-refractivity contribution in [2.24, 2.45) is 9.98 Å². The molecule has 2 aliphatic rings. The molecule has 5 rings (SSSR count). The zero-order chi connectivity index (χ0) is 21.9. The highest BCUT2D eigenvalue weighted by Gasteiger charge is 2.18. The van der Waals surface area contributed by atoms with Gasteiger partial charge in [-0.3, -0.25) is 9.79 Å². The third kappa shape index (κ3) is 4.50. The number of para-hydroxylation sites is 2. The number of hydrogen-bond donors (Lipinski definition) is 1. The summed E-state index contributed by atoms with van der Waals surface area (Å²) in [6, 6.07) is 19.1. The van der Waals surface area contributed by atoms with Crippen molar-refractivity contribution in [3.8, 4) is 11.5 Å². The minimum Gasteiger partial charge on any atom is -0.454 e. The van der Waals surface area contributed by atoms with Crippen LogP contribution in [0.2, 0.25) is 0 Å². The van der Waals surface area contributed by atoms with Crippen LogP contribution in [0.5, 0.6) is 11.5 Å². The van der Waals surface area contributed by atoms with Gasteiger partial charge in [-0.05, 0) is 42.0 Å². The molecule has 0 saturated heterocycles. The minimum atomic E-state index is -0.299. The summed E-state index contributed by atoms with van der Waals surface area (Å²) in [5.74, 6) is 1.00. The number of carbonyl (C=O) groups excluding carboxylic acids is 1. The maximum atomic E-state index is 13.4. The highest BCUT2D eigenvalue weighted by atomic mass is 32.2. The molecule has 0 saturated carbocycles. The van der Waals surface area contributed by atoms with Gasteiger partial charge in [-0.2, -0.15) is 0 Å². The van der Waals surface area contributed by atoms with Gasteiger partial charge in [-0.1, -0.05) is 24.3 Å². The molecule has 0 unspecified atom stereocenters. The number of rotatable bonds is 4. The Hall–Kier alpha value is -3.65. The van der Waals surface area contributed by atoms with Crippen LogP contribution in [0.4, 0.5) is 21.5 Å². The van der Waals surface area contributed by atoms with E-state index in [2.05, 4.69) is 5.32 Å². The Kier molecular flexibility index (Phi) is 5.60. The van der Waals surface area contributed by atoms with Gasteiger partial charge in [0, 0.05) is 18.2 Å². The van der Waals surface area contributed by atoms with Gasteiger partial charge in [0.15, 0.2) is 11.5 Å². The summed E-state index contributed by atoms with van der Waals surface area (Å²) < 4.78 is 24.0. The van der Waals surface area contributed by atoms with Gasteiger partial charge in [0.2, 0.25) is 12.7 Å². The molecule has 8 heteroatoms. The first-order valence-corrected chi connectivity index (χ1v) is 10.9. The van der Waals surface area contributed by atoms with E-state index in [0.29, 0.717) is 23.6 Å². The first-order chi connectivity index (χ1) is 15.6. The van der Waals surface area contributed by atoms with Crippen molar-refractivity contribution in [1.82, 2.24) is 0 Å². The number of nitrogens with one attached hydrogen (secondary N) is 1. The summed E-state index contributed by atoms with van der Waals surface area (Å²) in [6.07, 6.45) is 0.447. The third-order valence-corrected chi connectivity index (χ3v) is 5.88. The molecule has 6 nitrogen and oxygen atoms in total. The highest BCUT2D eigenvalue weighted by molar-refractivity contribution is 8.14. The maximum Gasteiger partial charge on any atom is 0.234 e. The van der Waals surface area contributed by atoms with E-state index in [-0.39, 0.29) is 24.3 Å². The van der Waals surface area contributed by atoms with E-state index in [1.54, 1.807) is 30.3 Å². The number of ether oxygens (including phenoxy) is 2. The van der Waals surface area contributed by atoms with E-state index in [1.807, 2.05) is 24.3 Å². The van der Waals surface area contributed by atoms with Gasteiger partial charge in [-0.15, -0.1) is 11.8 Å². The Bertz CT molecular complexity index is 1240. The Morgan fingerprint density at radius 1 is 0.969 bits per heavy atom. The van der Waals surface area contributed by atoms with E-state index in [4.69, 9.17) is 19.5 Å². The minimum absolute atomic E-state index is 0.158. The molecule has 0 aromatic heterocycles. The van der Waals surface area contributed by atoms with E-state index in [0.717, 1.165) is 27.7 Å². The molecule has 160 valence electrons. The molecule has 2 aliphatic heterocycles. The van der Waals surface area contributed by atoms with Crippen molar-refractivity contribution in [1.29, 1.82) is 0 Å². The van der Waals surface area contributed by atoms with Gasteiger partial charge in [-0.25, -0.2) is 9.38 Å². The van der Waals surface area contributed by atoms with Gasteiger partial charge in [0.05, 0.1) is 27.9 Å². The number of carbonyl (C=O) groups is 1. The van der Waals surface area contributed by atoms with Gasteiger partial charge >= 0.3 is 0 Å². The van der Waals surface area contributed by atoms with E-state index in [1.165, 1.54) is 23.9 Å². The van der Waals surface area contributed by atoms with Crippen LogP contribution in [0.15, 0.2) is 76.7 Å². The molecule has 0 bridgehead atoms. The van der Waals surface area contributed by atoms with Crippen LogP contribution in [0, 0.1) is 5.82 Å². The van der Waals surface area contributed by atoms with Crippen LogP contribution < -0.4 is 14.8 Å². The van der Waals surface area contributed by atoms with Crippen LogP contribution in [0.1, 0.15) is 12.0 Å². The first-order valence-electron chi connectivity index (χ1n) is 9.96. The summed E-state index contributed by atoms with van der Waals surface area (Å²) in [5, 5.41) is 3.64. The van der Waals surface area contributed by atoms with E-state index >= 15 is 0 Å². The summed E-state index contributed by atoms with van der Waals surface area (Å²) in [6.45, 7) is 0.182. The van der Waals surface area contributed by atoms with Gasteiger partial charge in [0.1, 0.15) is 5.82 Å². The Balaban J connectivity index is 1.31. The summed E-state index contributed by atoms with van der Waals surface area (Å²) in [7, 11) is 0. The van der Waals surface area contributed by atoms with Crippen LogP contribution in [0.3, 0.4) is 0 Å². The van der Waals surface area contributed by atoms with Crippen molar-refractivity contribution in [2.75, 3.05) is 17.9 Å². The number of aliphatic imine (C=N–C) groups is 2. The zero-order valence-electron chi connectivity index (χ0n) is 16.9. The lowest BCUT2D eigenvalue weighted by Crippen LogP contribution is -2.16. The van der Waals surface area contributed by atoms with Crippen LogP contribution in [0.25, 0.3) is 0 Å². The SMILES string of the molecule is O=C(CSC1=Nc2ccccc2N=C(c2ccc(F)cc2)C1)Nc1ccc2c(c1)OCO2. The fourth-order valence-electron chi connectivity index (χ4n) is 3.37. The summed E-state index contributed by atoms with van der Waals surface area (Å²) in [4.78, 5) is 22.0. The second-order valence-electron chi connectivity index (χ2n) is 7.14. The van der Waals surface area contributed by atoms with Crippen molar-refractivity contribution in [3.05, 3.63) is 78.1 Å². The number of amides is 1. The monoisotopic (exact) mass is 447 g/mol. The average Bonchev–Trinajstić information content (AvgIpc) is 3.18. The number of anilines is 1. The topological polar surface area (TPSA) is 72.3 Å². The fraction of sp³-hybridized carbons (Fsp3) is 0.125. The zero-order valence-corrected chi connectivity index (χ0v) is 17.7. The quantitative estimate of drug-likeness (QED) is 0.575. The number of halogens is 1. The standard InChI is InChI=1S/C24H18FN3O3S/c25-16-7-5-15(6-8-16)20-12-24(28-19-4-2-1-3-18(19)27-20)32-13-23(29)26-17-9-10-21-22(11-17)31-14-30-21/h1-11H,12-14H2,(H,26,29).